The van der Waals surface area contributed by atoms with Crippen LogP contribution in [0.5, 0.6) is 5.75 Å². The van der Waals surface area contributed by atoms with Crippen molar-refractivity contribution >= 4 is 27.7 Å². The highest BCUT2D eigenvalue weighted by Crippen LogP contribution is 2.35. The topological polar surface area (TPSA) is 100 Å². The molecule has 0 spiro atoms. The van der Waals surface area contributed by atoms with Crippen molar-refractivity contribution in [3.05, 3.63) is 71.5 Å². The molecule has 0 saturated carbocycles. The fraction of sp³-hybridized carbons (Fsp3) is 0.0870. The van der Waals surface area contributed by atoms with Gasteiger partial charge in [0.05, 0.1) is 18.0 Å². The molecule has 0 aliphatic heterocycles. The summed E-state index contributed by atoms with van der Waals surface area (Å²) < 4.78 is 5.61. The van der Waals surface area contributed by atoms with Crippen LogP contribution in [0, 0.1) is 0 Å². The van der Waals surface area contributed by atoms with Crippen LogP contribution in [0.15, 0.2) is 71.5 Å². The summed E-state index contributed by atoms with van der Waals surface area (Å²) in [7, 11) is 0. The first-order valence-corrected chi connectivity index (χ1v) is 10.4. The summed E-state index contributed by atoms with van der Waals surface area (Å²) in [6.07, 6.45) is 1.21. The number of aromatic amines is 1. The zero-order chi connectivity index (χ0) is 21.8. The minimum atomic E-state index is -0.495. The maximum absolute atomic E-state index is 11.6. The number of hydrogen-bond donors (Lipinski definition) is 3. The number of rotatable bonds is 5. The number of imidazole rings is 1. The first-order chi connectivity index (χ1) is 15.0. The second-order valence-corrected chi connectivity index (χ2v) is 7.46. The number of H-pyrrole nitrogens is 1. The summed E-state index contributed by atoms with van der Waals surface area (Å²) in [4.78, 5) is 24.0. The number of benzene rings is 2. The number of aromatic hydroxyl groups is 1. The lowest BCUT2D eigenvalue weighted by Gasteiger charge is -2.05. The molecular formula is C23H19BrN4O3. The monoisotopic (exact) mass is 478 g/mol. The third kappa shape index (κ3) is 4.75. The van der Waals surface area contributed by atoms with E-state index in [9.17, 15) is 9.90 Å². The Hall–Kier alpha value is -3.65. The number of carbonyl (C=O) groups excluding carboxylic acids is 1. The highest BCUT2D eigenvalue weighted by atomic mass is 79.9. The van der Waals surface area contributed by atoms with Gasteiger partial charge in [-0.15, -0.1) is 0 Å². The van der Waals surface area contributed by atoms with Crippen LogP contribution in [0.3, 0.4) is 0 Å². The van der Waals surface area contributed by atoms with Crippen molar-refractivity contribution in [3.63, 3.8) is 0 Å². The summed E-state index contributed by atoms with van der Waals surface area (Å²) in [5.74, 6) is 0.822. The average Bonchev–Trinajstić information content (AvgIpc) is 3.20. The van der Waals surface area contributed by atoms with Gasteiger partial charge in [-0.1, -0.05) is 12.1 Å². The molecular weight excluding hydrogens is 460 g/mol. The van der Waals surface area contributed by atoms with Gasteiger partial charge in [0, 0.05) is 28.6 Å². The highest BCUT2D eigenvalue weighted by Gasteiger charge is 2.16. The third-order valence-electron chi connectivity index (χ3n) is 4.52. The molecule has 2 heterocycles. The van der Waals surface area contributed by atoms with Crippen molar-refractivity contribution in [2.45, 2.75) is 6.92 Å². The quantitative estimate of drug-likeness (QED) is 0.312. The van der Waals surface area contributed by atoms with Gasteiger partial charge in [0.15, 0.2) is 0 Å². The number of phenols is 1. The molecule has 8 heteroatoms. The summed E-state index contributed by atoms with van der Waals surface area (Å²) in [6.45, 7) is 2.06. The van der Waals surface area contributed by atoms with E-state index in [1.807, 2.05) is 30.3 Å². The van der Waals surface area contributed by atoms with Crippen molar-refractivity contribution in [1.29, 1.82) is 0 Å². The number of nitrogens with zero attached hydrogens (tertiary/aromatic N) is 2. The lowest BCUT2D eigenvalue weighted by atomic mass is 10.1. The molecule has 31 heavy (non-hydrogen) atoms. The summed E-state index contributed by atoms with van der Waals surface area (Å²) in [5.41, 5.74) is 4.66. The molecule has 4 aromatic rings. The van der Waals surface area contributed by atoms with Crippen LogP contribution >= 0.6 is 15.9 Å². The van der Waals surface area contributed by atoms with E-state index in [0.29, 0.717) is 28.4 Å². The Morgan fingerprint density at radius 1 is 1.10 bits per heavy atom. The number of carbonyl (C=O) groups is 1. The summed E-state index contributed by atoms with van der Waals surface area (Å²) in [5, 5.41) is 12.6. The second kappa shape index (κ2) is 9.01. The van der Waals surface area contributed by atoms with Crippen LogP contribution in [0.2, 0.25) is 0 Å². The van der Waals surface area contributed by atoms with Crippen molar-refractivity contribution in [2.24, 2.45) is 0 Å². The van der Waals surface area contributed by atoms with Crippen LogP contribution in [0.1, 0.15) is 6.92 Å². The van der Waals surface area contributed by atoms with Gasteiger partial charge in [0.1, 0.15) is 16.2 Å². The van der Waals surface area contributed by atoms with Gasteiger partial charge >= 0.3 is 6.09 Å². The molecule has 0 radical (unpaired) electrons. The molecule has 2 aromatic heterocycles. The van der Waals surface area contributed by atoms with E-state index in [-0.39, 0.29) is 5.75 Å². The Kier molecular flexibility index (Phi) is 5.99. The molecule has 0 atom stereocenters. The Bertz CT molecular complexity index is 1160. The molecule has 7 nitrogen and oxygen atoms in total. The van der Waals surface area contributed by atoms with E-state index in [1.54, 1.807) is 43.5 Å². The zero-order valence-corrected chi connectivity index (χ0v) is 18.2. The van der Waals surface area contributed by atoms with Gasteiger partial charge in [-0.05, 0) is 71.4 Å². The largest absolute Gasteiger partial charge is 0.508 e. The van der Waals surface area contributed by atoms with Gasteiger partial charge in [-0.2, -0.15) is 0 Å². The lowest BCUT2D eigenvalue weighted by Crippen LogP contribution is -2.13. The van der Waals surface area contributed by atoms with E-state index < -0.39 is 6.09 Å². The van der Waals surface area contributed by atoms with Gasteiger partial charge < -0.3 is 14.8 Å². The Balaban J connectivity index is 1.74. The molecule has 0 unspecified atom stereocenters. The zero-order valence-electron chi connectivity index (χ0n) is 16.6. The molecule has 1 amide bonds. The molecule has 0 aliphatic carbocycles. The highest BCUT2D eigenvalue weighted by molar-refractivity contribution is 9.10. The number of aromatic nitrogens is 3. The maximum Gasteiger partial charge on any atom is 0.411 e. The normalized spacial score (nSPS) is 10.6. The smallest absolute Gasteiger partial charge is 0.411 e. The number of pyridine rings is 1. The standard InChI is InChI=1S/C23H19BrN4O3/c1-2-31-23(30)26-17-8-6-14(7-9-17)22-27-20(15-4-3-5-18(29)12-15)21(28-22)16-10-11-25-19(24)13-16/h3-13,29H,2H2,1H3,(H,26,30)(H,27,28). The average molecular weight is 479 g/mol. The second-order valence-electron chi connectivity index (χ2n) is 6.65. The molecule has 0 fully saturated rings. The first kappa shape index (κ1) is 20.6. The molecule has 0 bridgehead atoms. The van der Waals surface area contributed by atoms with E-state index in [0.717, 1.165) is 22.4 Å². The SMILES string of the molecule is CCOC(=O)Nc1ccc(-c2nc(-c3cccc(O)c3)c(-c3ccnc(Br)c3)[nH]2)cc1. The molecule has 2 aromatic carbocycles. The Labute approximate surface area is 187 Å². The van der Waals surface area contributed by atoms with E-state index >= 15 is 0 Å². The fourth-order valence-corrected chi connectivity index (χ4v) is 3.50. The van der Waals surface area contributed by atoms with Crippen LogP contribution in [0.4, 0.5) is 10.5 Å². The van der Waals surface area contributed by atoms with Gasteiger partial charge in [0.2, 0.25) is 0 Å². The number of amides is 1. The predicted octanol–water partition coefficient (Wildman–Crippen LogP) is 5.84. The maximum atomic E-state index is 11.6. The van der Waals surface area contributed by atoms with Gasteiger partial charge in [-0.3, -0.25) is 5.32 Å². The molecule has 0 aliphatic rings. The van der Waals surface area contributed by atoms with Crippen molar-refractivity contribution < 1.29 is 14.6 Å². The predicted molar refractivity (Wildman–Crippen MR) is 123 cm³/mol. The number of anilines is 1. The van der Waals surface area contributed by atoms with Crippen LogP contribution in [-0.4, -0.2) is 32.8 Å². The number of nitrogens with one attached hydrogen (secondary N) is 2. The minimum Gasteiger partial charge on any atom is -0.508 e. The Morgan fingerprint density at radius 3 is 2.61 bits per heavy atom. The van der Waals surface area contributed by atoms with E-state index in [1.165, 1.54) is 0 Å². The van der Waals surface area contributed by atoms with Crippen LogP contribution < -0.4 is 5.32 Å². The van der Waals surface area contributed by atoms with Crippen LogP contribution in [-0.2, 0) is 4.74 Å². The third-order valence-corrected chi connectivity index (χ3v) is 4.95. The van der Waals surface area contributed by atoms with Gasteiger partial charge in [0.25, 0.3) is 0 Å². The summed E-state index contributed by atoms with van der Waals surface area (Å²) in [6, 6.07) is 18.0. The van der Waals surface area contributed by atoms with Crippen LogP contribution in [0.25, 0.3) is 33.9 Å². The van der Waals surface area contributed by atoms with Gasteiger partial charge in [-0.25, -0.2) is 14.8 Å². The Morgan fingerprint density at radius 2 is 1.90 bits per heavy atom. The van der Waals surface area contributed by atoms with E-state index in [2.05, 4.69) is 31.2 Å². The molecule has 4 rings (SSSR count). The first-order valence-electron chi connectivity index (χ1n) is 9.59. The lowest BCUT2D eigenvalue weighted by molar-refractivity contribution is 0.168. The minimum absolute atomic E-state index is 0.165. The number of phenolic OH excluding ortho intramolecular Hbond substituents is 1. The van der Waals surface area contributed by atoms with E-state index in [4.69, 9.17) is 9.72 Å². The number of ether oxygens (including phenoxy) is 1. The molecule has 3 N–H and O–H groups in total. The van der Waals surface area contributed by atoms with Crippen molar-refractivity contribution in [2.75, 3.05) is 11.9 Å². The fourth-order valence-electron chi connectivity index (χ4n) is 3.14. The summed E-state index contributed by atoms with van der Waals surface area (Å²) >= 11 is 3.41. The van der Waals surface area contributed by atoms with Crippen molar-refractivity contribution in [3.8, 4) is 39.7 Å². The van der Waals surface area contributed by atoms with Crippen molar-refractivity contribution in [1.82, 2.24) is 15.0 Å². The number of hydrogen-bond acceptors (Lipinski definition) is 5. The molecule has 0 saturated heterocycles. The number of halogens is 1. The molecule has 156 valence electrons.